The first-order chi connectivity index (χ1) is 7.72. The smallest absolute Gasteiger partial charge is 0.204 e. The van der Waals surface area contributed by atoms with E-state index in [0.717, 1.165) is 11.1 Å². The average molecular weight is 216 g/mol. The zero-order valence-electron chi connectivity index (χ0n) is 9.16. The number of fused-ring (bicyclic) bond motifs is 1. The van der Waals surface area contributed by atoms with E-state index in [-0.39, 0.29) is 12.0 Å². The summed E-state index contributed by atoms with van der Waals surface area (Å²) in [6.45, 7) is 3.93. The lowest BCUT2D eigenvalue weighted by Gasteiger charge is -2.09. The van der Waals surface area contributed by atoms with Crippen molar-refractivity contribution < 1.29 is 4.42 Å². The second kappa shape index (κ2) is 4.24. The Hall–Kier alpha value is -2.00. The molecule has 0 N–H and O–H groups in total. The fourth-order valence-electron chi connectivity index (χ4n) is 1.54. The first-order valence-corrected chi connectivity index (χ1v) is 5.12. The maximum atomic E-state index is 8.51. The molecule has 0 fully saturated rings. The van der Waals surface area contributed by atoms with Gasteiger partial charge >= 0.3 is 0 Å². The van der Waals surface area contributed by atoms with E-state index in [4.69, 9.17) is 9.95 Å². The van der Waals surface area contributed by atoms with Gasteiger partial charge in [0.2, 0.25) is 5.89 Å². The maximum Gasteiger partial charge on any atom is 0.204 e. The van der Waals surface area contributed by atoms with E-state index in [1.54, 1.807) is 0 Å². The Bertz CT molecular complexity index is 507. The molecule has 16 heavy (non-hydrogen) atoms. The van der Waals surface area contributed by atoms with Gasteiger partial charge in [-0.05, 0) is 23.6 Å². The second-order valence-corrected chi connectivity index (χ2v) is 3.91. The van der Waals surface area contributed by atoms with Crippen molar-refractivity contribution in [1.82, 2.24) is 4.98 Å². The lowest BCUT2D eigenvalue weighted by atomic mass is 10.1. The zero-order valence-corrected chi connectivity index (χ0v) is 9.16. The van der Waals surface area contributed by atoms with Crippen LogP contribution in [0.3, 0.4) is 0 Å². The standard InChI is InChI=1S/C11H12N4O/c1-7(2)10(14-15-12)11-13-8-5-3-4-6-9(8)16-11/h3-7,10H,1-2H3. The molecule has 2 aromatic rings. The van der Waals surface area contributed by atoms with Crippen molar-refractivity contribution in [2.45, 2.75) is 19.9 Å². The number of hydrogen-bond donors (Lipinski definition) is 0. The van der Waals surface area contributed by atoms with Crippen LogP contribution >= 0.6 is 0 Å². The normalized spacial score (nSPS) is 12.7. The molecule has 0 spiro atoms. The average Bonchev–Trinajstić information content (AvgIpc) is 2.68. The summed E-state index contributed by atoms with van der Waals surface area (Å²) >= 11 is 0. The molecule has 0 aliphatic carbocycles. The SMILES string of the molecule is CC(C)C(N=[N+]=[N-])c1nc2ccccc2o1. The maximum absolute atomic E-state index is 8.51. The number of azide groups is 1. The van der Waals surface area contributed by atoms with Gasteiger partial charge in [0.15, 0.2) is 5.58 Å². The summed E-state index contributed by atoms with van der Waals surface area (Å²) < 4.78 is 5.57. The largest absolute Gasteiger partial charge is 0.440 e. The fourth-order valence-corrected chi connectivity index (χ4v) is 1.54. The molecule has 0 amide bonds. The molecule has 1 atom stereocenters. The number of hydrogen-bond acceptors (Lipinski definition) is 3. The summed E-state index contributed by atoms with van der Waals surface area (Å²) in [6, 6.07) is 7.15. The Kier molecular flexibility index (Phi) is 2.79. The number of para-hydroxylation sites is 2. The number of oxazole rings is 1. The van der Waals surface area contributed by atoms with Crippen molar-refractivity contribution in [2.24, 2.45) is 11.0 Å². The van der Waals surface area contributed by atoms with Crippen molar-refractivity contribution in [1.29, 1.82) is 0 Å². The van der Waals surface area contributed by atoms with E-state index in [9.17, 15) is 0 Å². The lowest BCUT2D eigenvalue weighted by molar-refractivity contribution is 0.402. The monoisotopic (exact) mass is 216 g/mol. The molecule has 1 heterocycles. The van der Waals surface area contributed by atoms with Gasteiger partial charge in [0.25, 0.3) is 0 Å². The molecule has 0 bridgehead atoms. The summed E-state index contributed by atoms with van der Waals surface area (Å²) in [5.74, 6) is 0.637. The molecule has 0 aliphatic rings. The first kappa shape index (κ1) is 10.5. The quantitative estimate of drug-likeness (QED) is 0.444. The summed E-state index contributed by atoms with van der Waals surface area (Å²) in [7, 11) is 0. The fraction of sp³-hybridized carbons (Fsp3) is 0.364. The van der Waals surface area contributed by atoms with Crippen LogP contribution in [0.2, 0.25) is 0 Å². The molecule has 5 heteroatoms. The number of rotatable bonds is 3. The van der Waals surface area contributed by atoms with Gasteiger partial charge in [-0.1, -0.05) is 31.1 Å². The summed E-state index contributed by atoms with van der Waals surface area (Å²) in [6.07, 6.45) is 0. The van der Waals surface area contributed by atoms with Gasteiger partial charge in [-0.15, -0.1) is 0 Å². The lowest BCUT2D eigenvalue weighted by Crippen LogP contribution is -2.03. The van der Waals surface area contributed by atoms with Crippen LogP contribution in [0.5, 0.6) is 0 Å². The predicted octanol–water partition coefficient (Wildman–Crippen LogP) is 3.84. The van der Waals surface area contributed by atoms with Crippen molar-refractivity contribution in [3.05, 3.63) is 40.6 Å². The topological polar surface area (TPSA) is 74.8 Å². The molecular formula is C11H12N4O. The molecule has 82 valence electrons. The van der Waals surface area contributed by atoms with Crippen LogP contribution in [0.25, 0.3) is 21.5 Å². The molecule has 0 saturated heterocycles. The van der Waals surface area contributed by atoms with Gasteiger partial charge < -0.3 is 4.42 Å². The first-order valence-electron chi connectivity index (χ1n) is 5.12. The van der Waals surface area contributed by atoms with Crippen LogP contribution in [0.4, 0.5) is 0 Å². The van der Waals surface area contributed by atoms with Crippen molar-refractivity contribution in [2.75, 3.05) is 0 Å². The van der Waals surface area contributed by atoms with Crippen LogP contribution < -0.4 is 0 Å². The van der Waals surface area contributed by atoms with Gasteiger partial charge in [-0.3, -0.25) is 0 Å². The minimum absolute atomic E-state index is 0.156. The highest BCUT2D eigenvalue weighted by molar-refractivity contribution is 5.72. The van der Waals surface area contributed by atoms with E-state index in [2.05, 4.69) is 15.0 Å². The third kappa shape index (κ3) is 1.85. The molecule has 1 unspecified atom stereocenters. The van der Waals surface area contributed by atoms with Crippen molar-refractivity contribution in [3.8, 4) is 0 Å². The summed E-state index contributed by atoms with van der Waals surface area (Å²) in [5.41, 5.74) is 10.0. The van der Waals surface area contributed by atoms with Crippen LogP contribution in [0.15, 0.2) is 33.8 Å². The third-order valence-corrected chi connectivity index (χ3v) is 2.37. The number of nitrogens with zero attached hydrogens (tertiary/aromatic N) is 4. The predicted molar refractivity (Wildman–Crippen MR) is 60.7 cm³/mol. The van der Waals surface area contributed by atoms with E-state index in [0.29, 0.717) is 5.89 Å². The molecule has 5 nitrogen and oxygen atoms in total. The second-order valence-electron chi connectivity index (χ2n) is 3.91. The van der Waals surface area contributed by atoms with Gasteiger partial charge in [0, 0.05) is 4.91 Å². The summed E-state index contributed by atoms with van der Waals surface area (Å²) in [5, 5.41) is 3.71. The third-order valence-electron chi connectivity index (χ3n) is 2.37. The molecule has 0 aliphatic heterocycles. The van der Waals surface area contributed by atoms with E-state index in [1.807, 2.05) is 38.1 Å². The zero-order chi connectivity index (χ0) is 11.5. The molecular weight excluding hydrogens is 204 g/mol. The Morgan fingerprint density at radius 2 is 2.12 bits per heavy atom. The van der Waals surface area contributed by atoms with Crippen LogP contribution in [0, 0.1) is 5.92 Å². The van der Waals surface area contributed by atoms with E-state index >= 15 is 0 Å². The molecule has 1 aromatic carbocycles. The molecule has 2 rings (SSSR count). The van der Waals surface area contributed by atoms with Crippen LogP contribution in [-0.4, -0.2) is 4.98 Å². The highest BCUT2D eigenvalue weighted by Crippen LogP contribution is 2.28. The minimum atomic E-state index is -0.350. The number of aromatic nitrogens is 1. The highest BCUT2D eigenvalue weighted by atomic mass is 16.3. The summed E-state index contributed by atoms with van der Waals surface area (Å²) in [4.78, 5) is 7.15. The highest BCUT2D eigenvalue weighted by Gasteiger charge is 2.20. The molecule has 0 radical (unpaired) electrons. The Morgan fingerprint density at radius 1 is 1.38 bits per heavy atom. The Morgan fingerprint density at radius 3 is 2.75 bits per heavy atom. The van der Waals surface area contributed by atoms with Gasteiger partial charge in [-0.2, -0.15) is 0 Å². The van der Waals surface area contributed by atoms with Gasteiger partial charge in [0.05, 0.1) is 0 Å². The van der Waals surface area contributed by atoms with Crippen LogP contribution in [0.1, 0.15) is 25.8 Å². The van der Waals surface area contributed by atoms with Crippen molar-refractivity contribution >= 4 is 11.1 Å². The molecule has 0 saturated carbocycles. The minimum Gasteiger partial charge on any atom is -0.440 e. The van der Waals surface area contributed by atoms with E-state index in [1.165, 1.54) is 0 Å². The van der Waals surface area contributed by atoms with Gasteiger partial charge in [-0.25, -0.2) is 4.98 Å². The number of benzene rings is 1. The molecule has 1 aromatic heterocycles. The van der Waals surface area contributed by atoms with Crippen LogP contribution in [-0.2, 0) is 0 Å². The Balaban J connectivity index is 2.48. The van der Waals surface area contributed by atoms with Gasteiger partial charge in [0.1, 0.15) is 11.6 Å². The van der Waals surface area contributed by atoms with E-state index < -0.39 is 0 Å². The Labute approximate surface area is 92.7 Å². The van der Waals surface area contributed by atoms with Crippen molar-refractivity contribution in [3.63, 3.8) is 0 Å².